The topological polar surface area (TPSA) is 70.9 Å². The number of halogens is 2. The molecule has 15 heavy (non-hydrogen) atoms. The molecule has 78 valence electrons. The number of hydrogen-bond donors (Lipinski definition) is 3. The number of nitrogens with two attached hydrogens (primary N) is 1. The van der Waals surface area contributed by atoms with E-state index in [-0.39, 0.29) is 16.5 Å². The molecule has 0 saturated heterocycles. The molecule has 0 aliphatic rings. The van der Waals surface area contributed by atoms with Gasteiger partial charge in [-0.2, -0.15) is 0 Å². The zero-order valence-corrected chi connectivity index (χ0v) is 7.47. The summed E-state index contributed by atoms with van der Waals surface area (Å²) in [4.78, 5) is 13.8. The summed E-state index contributed by atoms with van der Waals surface area (Å²) >= 11 is 0. The second-order valence-corrected chi connectivity index (χ2v) is 2.99. The number of benzene rings is 1. The van der Waals surface area contributed by atoms with E-state index in [1.807, 2.05) is 5.43 Å². The predicted molar refractivity (Wildman–Crippen MR) is 49.9 cm³/mol. The van der Waals surface area contributed by atoms with Crippen LogP contribution in [0, 0.1) is 11.6 Å². The van der Waals surface area contributed by atoms with Crippen molar-refractivity contribution in [1.29, 1.82) is 0 Å². The van der Waals surface area contributed by atoms with Gasteiger partial charge in [-0.15, -0.1) is 0 Å². The Balaban J connectivity index is 2.74. The third-order valence-corrected chi connectivity index (χ3v) is 2.07. The SMILES string of the molecule is NNC(=O)c1c[nH]c2cc(F)cc(F)c12. The Labute approximate surface area is 83.0 Å². The number of aromatic nitrogens is 1. The summed E-state index contributed by atoms with van der Waals surface area (Å²) in [5, 5.41) is 0.0272. The smallest absolute Gasteiger partial charge is 0.267 e. The Morgan fingerprint density at radius 1 is 1.40 bits per heavy atom. The van der Waals surface area contributed by atoms with Crippen molar-refractivity contribution in [2.45, 2.75) is 0 Å². The summed E-state index contributed by atoms with van der Waals surface area (Å²) in [5.74, 6) is 2.78. The fourth-order valence-electron chi connectivity index (χ4n) is 1.44. The molecule has 0 radical (unpaired) electrons. The molecule has 0 fully saturated rings. The van der Waals surface area contributed by atoms with Gasteiger partial charge in [-0.1, -0.05) is 0 Å². The van der Waals surface area contributed by atoms with E-state index in [1.54, 1.807) is 0 Å². The van der Waals surface area contributed by atoms with E-state index in [1.165, 1.54) is 6.20 Å². The molecule has 0 spiro atoms. The minimum atomic E-state index is -0.801. The molecule has 0 aliphatic heterocycles. The lowest BCUT2D eigenvalue weighted by Gasteiger charge is -1.98. The van der Waals surface area contributed by atoms with Crippen LogP contribution in [0.2, 0.25) is 0 Å². The first kappa shape index (κ1) is 9.60. The van der Waals surface area contributed by atoms with Gasteiger partial charge in [0.2, 0.25) is 0 Å². The molecule has 0 aliphatic carbocycles. The molecule has 1 aromatic heterocycles. The maximum absolute atomic E-state index is 13.4. The second-order valence-electron chi connectivity index (χ2n) is 2.99. The predicted octanol–water partition coefficient (Wildman–Crippen LogP) is 1.05. The Bertz CT molecular complexity index is 535. The zero-order valence-electron chi connectivity index (χ0n) is 7.47. The van der Waals surface area contributed by atoms with Gasteiger partial charge in [-0.3, -0.25) is 10.2 Å². The normalized spacial score (nSPS) is 10.6. The molecule has 2 rings (SSSR count). The average Bonchev–Trinajstić information content (AvgIpc) is 2.60. The highest BCUT2D eigenvalue weighted by molar-refractivity contribution is 6.06. The van der Waals surface area contributed by atoms with Crippen LogP contribution in [0.25, 0.3) is 10.9 Å². The van der Waals surface area contributed by atoms with Crippen molar-refractivity contribution in [3.8, 4) is 0 Å². The number of carbonyl (C=O) groups excluding carboxylic acids is 1. The molecule has 4 N–H and O–H groups in total. The first-order valence-electron chi connectivity index (χ1n) is 4.10. The summed E-state index contributed by atoms with van der Waals surface area (Å²) in [6, 6.07) is 1.81. The zero-order chi connectivity index (χ0) is 11.0. The number of rotatable bonds is 1. The minimum Gasteiger partial charge on any atom is -0.360 e. The second kappa shape index (κ2) is 3.32. The first-order chi connectivity index (χ1) is 7.13. The Kier molecular flexibility index (Phi) is 2.12. The molecular formula is C9H7F2N3O. The van der Waals surface area contributed by atoms with Gasteiger partial charge < -0.3 is 4.98 Å². The highest BCUT2D eigenvalue weighted by Gasteiger charge is 2.15. The number of hydrazine groups is 1. The number of nitrogen functional groups attached to an aromatic ring is 1. The summed E-state index contributed by atoms with van der Waals surface area (Å²) < 4.78 is 26.2. The van der Waals surface area contributed by atoms with Gasteiger partial charge in [0.1, 0.15) is 11.6 Å². The van der Waals surface area contributed by atoms with Gasteiger partial charge in [-0.25, -0.2) is 14.6 Å². The average molecular weight is 211 g/mol. The number of nitrogens with one attached hydrogen (secondary N) is 2. The van der Waals surface area contributed by atoms with Crippen LogP contribution in [0.15, 0.2) is 18.3 Å². The van der Waals surface area contributed by atoms with E-state index in [9.17, 15) is 13.6 Å². The lowest BCUT2D eigenvalue weighted by molar-refractivity contribution is 0.0955. The fraction of sp³-hybridized carbons (Fsp3) is 0. The van der Waals surface area contributed by atoms with Gasteiger partial charge >= 0.3 is 0 Å². The third-order valence-electron chi connectivity index (χ3n) is 2.07. The quantitative estimate of drug-likeness (QED) is 0.375. The summed E-state index contributed by atoms with van der Waals surface area (Å²) in [7, 11) is 0. The van der Waals surface area contributed by atoms with Crippen molar-refractivity contribution in [3.63, 3.8) is 0 Å². The van der Waals surface area contributed by atoms with E-state index >= 15 is 0 Å². The van der Waals surface area contributed by atoms with E-state index < -0.39 is 17.5 Å². The largest absolute Gasteiger partial charge is 0.360 e. The number of carbonyl (C=O) groups is 1. The van der Waals surface area contributed by atoms with Gasteiger partial charge in [0.15, 0.2) is 0 Å². The fourth-order valence-corrected chi connectivity index (χ4v) is 1.44. The molecular weight excluding hydrogens is 204 g/mol. The van der Waals surface area contributed by atoms with Crippen LogP contribution in [0.4, 0.5) is 8.78 Å². The maximum atomic E-state index is 13.4. The maximum Gasteiger partial charge on any atom is 0.267 e. The van der Waals surface area contributed by atoms with Crippen molar-refractivity contribution in [2.75, 3.05) is 0 Å². The van der Waals surface area contributed by atoms with Crippen molar-refractivity contribution < 1.29 is 13.6 Å². The van der Waals surface area contributed by atoms with E-state index in [2.05, 4.69) is 4.98 Å². The molecule has 1 heterocycles. The summed E-state index contributed by atoms with van der Waals surface area (Å²) in [6.45, 7) is 0. The molecule has 6 heteroatoms. The minimum absolute atomic E-state index is 0.0272. The van der Waals surface area contributed by atoms with Gasteiger partial charge in [0.05, 0.1) is 11.1 Å². The number of aromatic amines is 1. The Morgan fingerprint density at radius 2 is 2.13 bits per heavy atom. The molecule has 4 nitrogen and oxygen atoms in total. The van der Waals surface area contributed by atoms with Crippen molar-refractivity contribution in [3.05, 3.63) is 35.5 Å². The Hall–Kier alpha value is -1.95. The van der Waals surface area contributed by atoms with Crippen LogP contribution in [0.5, 0.6) is 0 Å². The molecule has 1 aromatic carbocycles. The van der Waals surface area contributed by atoms with Crippen LogP contribution in [0.1, 0.15) is 10.4 Å². The summed E-state index contributed by atoms with van der Waals surface area (Å²) in [6.07, 6.45) is 1.27. The van der Waals surface area contributed by atoms with E-state index in [4.69, 9.17) is 5.84 Å². The van der Waals surface area contributed by atoms with Gasteiger partial charge in [0.25, 0.3) is 5.91 Å². The highest BCUT2D eigenvalue weighted by atomic mass is 19.1. The lowest BCUT2D eigenvalue weighted by Crippen LogP contribution is -2.29. The molecule has 2 aromatic rings. The van der Waals surface area contributed by atoms with Gasteiger partial charge in [0, 0.05) is 17.6 Å². The summed E-state index contributed by atoms with van der Waals surface area (Å²) in [5.41, 5.74) is 2.14. The highest BCUT2D eigenvalue weighted by Crippen LogP contribution is 2.22. The van der Waals surface area contributed by atoms with Crippen molar-refractivity contribution in [1.82, 2.24) is 10.4 Å². The third kappa shape index (κ3) is 1.44. The van der Waals surface area contributed by atoms with E-state index in [0.29, 0.717) is 6.07 Å². The van der Waals surface area contributed by atoms with Crippen LogP contribution in [0.3, 0.4) is 0 Å². The van der Waals surface area contributed by atoms with Crippen molar-refractivity contribution in [2.24, 2.45) is 5.84 Å². The number of hydrogen-bond acceptors (Lipinski definition) is 2. The molecule has 1 amide bonds. The van der Waals surface area contributed by atoms with E-state index in [0.717, 1.165) is 6.07 Å². The molecule has 0 bridgehead atoms. The molecule has 0 saturated carbocycles. The lowest BCUT2D eigenvalue weighted by atomic mass is 10.1. The van der Waals surface area contributed by atoms with Crippen LogP contribution >= 0.6 is 0 Å². The van der Waals surface area contributed by atoms with Crippen LogP contribution < -0.4 is 11.3 Å². The molecule has 0 atom stereocenters. The van der Waals surface area contributed by atoms with Crippen LogP contribution in [-0.2, 0) is 0 Å². The first-order valence-corrected chi connectivity index (χ1v) is 4.10. The standard InChI is InChI=1S/C9H7F2N3O/c10-4-1-6(11)8-5(9(15)14-12)3-13-7(8)2-4/h1-3,13H,12H2,(H,14,15). The van der Waals surface area contributed by atoms with Crippen molar-refractivity contribution >= 4 is 16.8 Å². The Morgan fingerprint density at radius 3 is 2.80 bits per heavy atom. The monoisotopic (exact) mass is 211 g/mol. The van der Waals surface area contributed by atoms with Gasteiger partial charge in [-0.05, 0) is 6.07 Å². The van der Waals surface area contributed by atoms with Crippen LogP contribution in [-0.4, -0.2) is 10.9 Å². The number of fused-ring (bicyclic) bond motifs is 1. The molecule has 0 unspecified atom stereocenters. The number of amides is 1. The number of H-pyrrole nitrogens is 1.